The van der Waals surface area contributed by atoms with E-state index in [1.165, 1.54) is 19.4 Å². The van der Waals surface area contributed by atoms with Gasteiger partial charge < -0.3 is 15.0 Å². The number of amides is 2. The number of anilines is 1. The second-order valence-electron chi connectivity index (χ2n) is 7.61. The first kappa shape index (κ1) is 17.5. The third-order valence-electron chi connectivity index (χ3n) is 5.47. The Labute approximate surface area is 154 Å². The fourth-order valence-corrected chi connectivity index (χ4v) is 3.72. The summed E-state index contributed by atoms with van der Waals surface area (Å²) in [4.78, 5) is 29.4. The molecule has 6 heteroatoms. The molecule has 0 bridgehead atoms. The Morgan fingerprint density at radius 2 is 1.92 bits per heavy atom. The van der Waals surface area contributed by atoms with E-state index >= 15 is 0 Å². The van der Waals surface area contributed by atoms with Gasteiger partial charge in [0.05, 0.1) is 0 Å². The second kappa shape index (κ2) is 7.76. The van der Waals surface area contributed by atoms with Crippen LogP contribution in [0.15, 0.2) is 24.3 Å². The molecule has 3 fully saturated rings. The third kappa shape index (κ3) is 4.24. The molecule has 6 nitrogen and oxygen atoms in total. The van der Waals surface area contributed by atoms with Gasteiger partial charge in [-0.25, -0.2) is 0 Å². The van der Waals surface area contributed by atoms with E-state index in [9.17, 15) is 9.59 Å². The van der Waals surface area contributed by atoms with Crippen LogP contribution >= 0.6 is 0 Å². The Balaban J connectivity index is 1.33. The highest BCUT2D eigenvalue weighted by Gasteiger charge is 2.28. The molecule has 2 amide bonds. The van der Waals surface area contributed by atoms with Crippen LogP contribution in [0.2, 0.25) is 0 Å². The van der Waals surface area contributed by atoms with E-state index in [1.807, 2.05) is 23.1 Å². The molecule has 0 spiro atoms. The van der Waals surface area contributed by atoms with Crippen molar-refractivity contribution in [1.29, 1.82) is 0 Å². The van der Waals surface area contributed by atoms with Crippen molar-refractivity contribution in [2.45, 2.75) is 31.8 Å². The van der Waals surface area contributed by atoms with E-state index in [4.69, 9.17) is 4.74 Å². The number of nitrogens with one attached hydrogen (secondary N) is 1. The largest absolute Gasteiger partial charge is 0.368 e. The molecule has 140 valence electrons. The molecule has 2 saturated heterocycles. The van der Waals surface area contributed by atoms with Crippen LogP contribution in [-0.4, -0.2) is 67.0 Å². The molecule has 3 aliphatic rings. The average molecular weight is 357 g/mol. The zero-order valence-electron chi connectivity index (χ0n) is 15.2. The quantitative estimate of drug-likeness (QED) is 0.875. The maximum absolute atomic E-state index is 12.8. The minimum atomic E-state index is -0.367. The molecule has 1 N–H and O–H groups in total. The molecule has 1 aromatic carbocycles. The minimum absolute atomic E-state index is 0.0456. The lowest BCUT2D eigenvalue weighted by molar-refractivity contribution is -0.124. The number of ether oxygens (including phenoxy) is 1. The summed E-state index contributed by atoms with van der Waals surface area (Å²) < 4.78 is 5.41. The molecule has 0 aromatic heterocycles. The Hall–Kier alpha value is -1.92. The molecule has 26 heavy (non-hydrogen) atoms. The van der Waals surface area contributed by atoms with E-state index in [1.54, 1.807) is 6.07 Å². The summed E-state index contributed by atoms with van der Waals surface area (Å²) in [5, 5.41) is 2.87. The zero-order chi connectivity index (χ0) is 17.9. The number of hydrogen-bond acceptors (Lipinski definition) is 4. The van der Waals surface area contributed by atoms with Crippen molar-refractivity contribution in [3.8, 4) is 0 Å². The third-order valence-corrected chi connectivity index (χ3v) is 5.47. The number of nitrogens with zero attached hydrogens (tertiary/aromatic N) is 2. The minimum Gasteiger partial charge on any atom is -0.368 e. The van der Waals surface area contributed by atoms with Crippen LogP contribution in [0.4, 0.5) is 5.69 Å². The lowest BCUT2D eigenvalue weighted by Crippen LogP contribution is -2.49. The lowest BCUT2D eigenvalue weighted by atomic mass is 10.1. The van der Waals surface area contributed by atoms with E-state index in [-0.39, 0.29) is 17.9 Å². The highest BCUT2D eigenvalue weighted by atomic mass is 16.5. The summed E-state index contributed by atoms with van der Waals surface area (Å²) in [7, 11) is 0. The fraction of sp³-hybridized carbons (Fsp3) is 0.600. The number of rotatable bonds is 5. The van der Waals surface area contributed by atoms with Gasteiger partial charge in [0, 0.05) is 50.6 Å². The molecule has 1 atom stereocenters. The summed E-state index contributed by atoms with van der Waals surface area (Å²) in [5.74, 6) is 0.812. The van der Waals surface area contributed by atoms with Crippen molar-refractivity contribution in [3.05, 3.63) is 29.8 Å². The molecule has 2 aliphatic heterocycles. The highest BCUT2D eigenvalue weighted by molar-refractivity contribution is 5.98. The normalized spacial score (nSPS) is 23.8. The molecule has 1 aromatic rings. The first-order valence-corrected chi connectivity index (χ1v) is 9.73. The number of hydrogen-bond donors (Lipinski definition) is 1. The first-order chi connectivity index (χ1) is 12.7. The van der Waals surface area contributed by atoms with Gasteiger partial charge >= 0.3 is 0 Å². The second-order valence-corrected chi connectivity index (χ2v) is 7.61. The molecular weight excluding hydrogens is 330 g/mol. The summed E-state index contributed by atoms with van der Waals surface area (Å²) in [5.41, 5.74) is 1.29. The predicted octanol–water partition coefficient (Wildman–Crippen LogP) is 1.97. The Morgan fingerprint density at radius 3 is 2.62 bits per heavy atom. The van der Waals surface area contributed by atoms with E-state index < -0.39 is 0 Å². The van der Waals surface area contributed by atoms with E-state index in [0.717, 1.165) is 44.9 Å². The SMILES string of the molecule is O=C(Nc1cccc(C(=O)N2CCN(CC3CC3)CC2)c1)C1CCCO1. The topological polar surface area (TPSA) is 61.9 Å². The summed E-state index contributed by atoms with van der Waals surface area (Å²) in [6, 6.07) is 7.23. The molecule has 1 unspecified atom stereocenters. The summed E-state index contributed by atoms with van der Waals surface area (Å²) in [6.45, 7) is 5.29. The number of carbonyl (C=O) groups excluding carboxylic acids is 2. The van der Waals surface area contributed by atoms with Crippen LogP contribution in [0.1, 0.15) is 36.0 Å². The van der Waals surface area contributed by atoms with Gasteiger partial charge in [-0.2, -0.15) is 0 Å². The van der Waals surface area contributed by atoms with Crippen molar-refractivity contribution in [3.63, 3.8) is 0 Å². The van der Waals surface area contributed by atoms with Crippen molar-refractivity contribution in [1.82, 2.24) is 9.80 Å². The molecule has 0 radical (unpaired) electrons. The number of carbonyl (C=O) groups is 2. The van der Waals surface area contributed by atoms with Crippen LogP contribution < -0.4 is 5.32 Å². The number of benzene rings is 1. The predicted molar refractivity (Wildman–Crippen MR) is 99.1 cm³/mol. The van der Waals surface area contributed by atoms with Gasteiger partial charge in [0.25, 0.3) is 11.8 Å². The van der Waals surface area contributed by atoms with E-state index in [0.29, 0.717) is 17.9 Å². The van der Waals surface area contributed by atoms with Crippen molar-refractivity contribution < 1.29 is 14.3 Å². The van der Waals surface area contributed by atoms with Gasteiger partial charge in [0.1, 0.15) is 6.10 Å². The zero-order valence-corrected chi connectivity index (χ0v) is 15.2. The van der Waals surface area contributed by atoms with Crippen LogP contribution in [0, 0.1) is 5.92 Å². The maximum atomic E-state index is 12.8. The van der Waals surface area contributed by atoms with Crippen molar-refractivity contribution in [2.75, 3.05) is 44.6 Å². The van der Waals surface area contributed by atoms with Crippen LogP contribution in [0.5, 0.6) is 0 Å². The first-order valence-electron chi connectivity index (χ1n) is 9.73. The van der Waals surface area contributed by atoms with Crippen LogP contribution in [0.3, 0.4) is 0 Å². The van der Waals surface area contributed by atoms with Gasteiger partial charge in [-0.3, -0.25) is 14.5 Å². The highest BCUT2D eigenvalue weighted by Crippen LogP contribution is 2.30. The number of piperazine rings is 1. The van der Waals surface area contributed by atoms with Gasteiger partial charge in [-0.15, -0.1) is 0 Å². The van der Waals surface area contributed by atoms with Gasteiger partial charge in [0.2, 0.25) is 0 Å². The smallest absolute Gasteiger partial charge is 0.254 e. The van der Waals surface area contributed by atoms with Crippen LogP contribution in [-0.2, 0) is 9.53 Å². The van der Waals surface area contributed by atoms with Crippen LogP contribution in [0.25, 0.3) is 0 Å². The van der Waals surface area contributed by atoms with Gasteiger partial charge in [-0.1, -0.05) is 6.07 Å². The Bertz CT molecular complexity index is 660. The average Bonchev–Trinajstić information content (AvgIpc) is 3.30. The van der Waals surface area contributed by atoms with Gasteiger partial charge in [-0.05, 0) is 49.8 Å². The standard InChI is InChI=1S/C20H27N3O3/c24-19(18-5-2-12-26-18)21-17-4-1-3-16(13-17)20(25)23-10-8-22(9-11-23)14-15-6-7-15/h1,3-4,13,15,18H,2,5-12,14H2,(H,21,24). The summed E-state index contributed by atoms with van der Waals surface area (Å²) >= 11 is 0. The van der Waals surface area contributed by atoms with Crippen molar-refractivity contribution in [2.24, 2.45) is 5.92 Å². The fourth-order valence-electron chi connectivity index (χ4n) is 3.72. The van der Waals surface area contributed by atoms with E-state index in [2.05, 4.69) is 10.2 Å². The molecular formula is C20H27N3O3. The maximum Gasteiger partial charge on any atom is 0.254 e. The van der Waals surface area contributed by atoms with Gasteiger partial charge in [0.15, 0.2) is 0 Å². The van der Waals surface area contributed by atoms with Crippen molar-refractivity contribution >= 4 is 17.5 Å². The molecule has 2 heterocycles. The summed E-state index contributed by atoms with van der Waals surface area (Å²) in [6.07, 6.45) is 4.04. The monoisotopic (exact) mass is 357 g/mol. The molecule has 1 aliphatic carbocycles. The Morgan fingerprint density at radius 1 is 1.12 bits per heavy atom. The lowest BCUT2D eigenvalue weighted by Gasteiger charge is -2.34. The molecule has 4 rings (SSSR count). The Kier molecular flexibility index (Phi) is 5.22. The molecule has 1 saturated carbocycles.